The van der Waals surface area contributed by atoms with Gasteiger partial charge in [0.05, 0.1) is 0 Å². The Labute approximate surface area is 162 Å². The van der Waals surface area contributed by atoms with E-state index < -0.39 is 10.4 Å². The molecule has 0 amide bonds. The number of hydrogen-bond acceptors (Lipinski definition) is 5. The van der Waals surface area contributed by atoms with Gasteiger partial charge in [0.25, 0.3) is 0 Å². The van der Waals surface area contributed by atoms with Crippen molar-refractivity contribution in [2.45, 2.75) is 104 Å². The van der Waals surface area contributed by atoms with Gasteiger partial charge in [-0.2, -0.15) is 8.42 Å². The summed E-state index contributed by atoms with van der Waals surface area (Å²) in [7, 11) is -4.67. The van der Waals surface area contributed by atoms with Gasteiger partial charge in [0.2, 0.25) is 0 Å². The van der Waals surface area contributed by atoms with Gasteiger partial charge in [0, 0.05) is 13.2 Å². The Bertz CT molecular complexity index is 304. The van der Waals surface area contributed by atoms with Crippen LogP contribution in [0.2, 0.25) is 0 Å². The Kier molecular flexibility index (Phi) is 34.6. The number of hydrogen-bond donors (Lipinski definition) is 4. The first-order valence-electron chi connectivity index (χ1n) is 9.69. The topological polar surface area (TPSA) is 154 Å². The first-order chi connectivity index (χ1) is 11.4. The van der Waals surface area contributed by atoms with Crippen LogP contribution in [-0.4, -0.2) is 30.7 Å². The minimum absolute atomic E-state index is 0. The van der Waals surface area contributed by atoms with E-state index in [1.807, 2.05) is 0 Å². The Hall–Kier alpha value is -0.250. The molecule has 0 aromatic heterocycles. The minimum Gasteiger partial charge on any atom is -0.381 e. The van der Waals surface area contributed by atoms with Crippen molar-refractivity contribution in [1.82, 2.24) is 12.3 Å². The molecule has 0 spiro atoms. The first-order valence-corrected chi connectivity index (χ1v) is 11.1. The summed E-state index contributed by atoms with van der Waals surface area (Å²) in [4.78, 5) is 0. The van der Waals surface area contributed by atoms with Crippen molar-refractivity contribution in [1.29, 1.82) is 0 Å². The zero-order valence-electron chi connectivity index (χ0n) is 17.3. The van der Waals surface area contributed by atoms with Gasteiger partial charge in [-0.05, 0) is 12.8 Å². The van der Waals surface area contributed by atoms with Crippen LogP contribution in [0.5, 0.6) is 0 Å². The fourth-order valence-corrected chi connectivity index (χ4v) is 2.42. The predicted octanol–water partition coefficient (Wildman–Crippen LogP) is 6.18. The van der Waals surface area contributed by atoms with E-state index in [4.69, 9.17) is 22.3 Å². The highest BCUT2D eigenvalue weighted by molar-refractivity contribution is 7.79. The van der Waals surface area contributed by atoms with E-state index in [0.29, 0.717) is 0 Å². The summed E-state index contributed by atoms with van der Waals surface area (Å²) in [6.07, 6.45) is 19.3. The maximum absolute atomic E-state index is 8.74. The third-order valence-electron chi connectivity index (χ3n) is 3.78. The predicted molar refractivity (Wildman–Crippen MR) is 111 cm³/mol. The van der Waals surface area contributed by atoms with Crippen molar-refractivity contribution >= 4 is 10.4 Å². The molecule has 0 rings (SSSR count). The summed E-state index contributed by atoms with van der Waals surface area (Å²) >= 11 is 0. The van der Waals surface area contributed by atoms with Crippen LogP contribution in [0.1, 0.15) is 104 Å². The van der Waals surface area contributed by atoms with Crippen molar-refractivity contribution in [3.63, 3.8) is 0 Å². The van der Waals surface area contributed by atoms with E-state index in [1.54, 1.807) is 0 Å². The van der Waals surface area contributed by atoms with E-state index >= 15 is 0 Å². The highest BCUT2D eigenvalue weighted by Crippen LogP contribution is 2.09. The highest BCUT2D eigenvalue weighted by Gasteiger charge is 1.93. The number of ether oxygens (including phenoxy) is 1. The Morgan fingerprint density at radius 3 is 1.08 bits per heavy atom. The molecule has 0 saturated carbocycles. The smallest absolute Gasteiger partial charge is 0.381 e. The molecule has 26 heavy (non-hydrogen) atoms. The second kappa shape index (κ2) is 27.0. The lowest BCUT2D eigenvalue weighted by Crippen LogP contribution is -1.97. The van der Waals surface area contributed by atoms with E-state index in [9.17, 15) is 0 Å². The molecule has 0 aromatic carbocycles. The third-order valence-corrected chi connectivity index (χ3v) is 3.78. The van der Waals surface area contributed by atoms with Crippen LogP contribution >= 0.6 is 0 Å². The summed E-state index contributed by atoms with van der Waals surface area (Å²) in [5.74, 6) is 0. The molecule has 0 saturated heterocycles. The maximum atomic E-state index is 8.74. The first kappa shape index (κ1) is 33.3. The molecule has 0 aromatic rings. The molecule has 164 valence electrons. The monoisotopic (exact) mass is 402 g/mol. The number of unbranched alkanes of at least 4 members (excludes halogenated alkanes) is 12. The van der Waals surface area contributed by atoms with Gasteiger partial charge in [-0.25, -0.2) is 0 Å². The lowest BCUT2D eigenvalue weighted by Gasteiger charge is -2.04. The van der Waals surface area contributed by atoms with Crippen LogP contribution in [0.25, 0.3) is 0 Å². The molecule has 0 fully saturated rings. The molecular weight excluding hydrogens is 356 g/mol. The normalized spacial score (nSPS) is 10.3. The zero-order chi connectivity index (χ0) is 18.5. The molecule has 0 aliphatic carbocycles. The summed E-state index contributed by atoms with van der Waals surface area (Å²) < 4.78 is 37.3. The average molecular weight is 403 g/mol. The van der Waals surface area contributed by atoms with E-state index in [1.165, 1.54) is 89.9 Å². The average Bonchev–Trinajstić information content (AvgIpc) is 2.49. The molecule has 8 heteroatoms. The molecule has 0 radical (unpaired) electrons. The summed E-state index contributed by atoms with van der Waals surface area (Å²) in [5, 5.41) is 0. The van der Waals surface area contributed by atoms with Crippen LogP contribution in [0.15, 0.2) is 0 Å². The molecule has 0 bridgehead atoms. The Morgan fingerprint density at radius 1 is 0.577 bits per heavy atom. The van der Waals surface area contributed by atoms with Crippen molar-refractivity contribution < 1.29 is 22.3 Å². The second-order valence-electron chi connectivity index (χ2n) is 6.30. The van der Waals surface area contributed by atoms with Gasteiger partial charge >= 0.3 is 10.4 Å². The van der Waals surface area contributed by atoms with Crippen molar-refractivity contribution in [3.05, 3.63) is 0 Å². The summed E-state index contributed by atoms with van der Waals surface area (Å²) in [6, 6.07) is 0. The van der Waals surface area contributed by atoms with Gasteiger partial charge in [0.1, 0.15) is 0 Å². The van der Waals surface area contributed by atoms with Gasteiger partial charge < -0.3 is 17.0 Å². The van der Waals surface area contributed by atoms with Crippen molar-refractivity contribution in [3.8, 4) is 0 Å². The zero-order valence-corrected chi connectivity index (χ0v) is 18.1. The third kappa shape index (κ3) is 49.6. The summed E-state index contributed by atoms with van der Waals surface area (Å²) in [6.45, 7) is 6.53. The van der Waals surface area contributed by atoms with Crippen LogP contribution in [0.3, 0.4) is 0 Å². The fraction of sp³-hybridized carbons (Fsp3) is 1.00. The summed E-state index contributed by atoms with van der Waals surface area (Å²) in [5.41, 5.74) is 0. The van der Waals surface area contributed by atoms with Crippen LogP contribution < -0.4 is 12.3 Å². The molecule has 0 aliphatic rings. The molecule has 0 atom stereocenters. The molecule has 8 N–H and O–H groups in total. The minimum atomic E-state index is -4.67. The Balaban J connectivity index is -0.000000304. The molecule has 0 unspecified atom stereocenters. The lowest BCUT2D eigenvalue weighted by atomic mass is 10.1. The van der Waals surface area contributed by atoms with Crippen molar-refractivity contribution in [2.75, 3.05) is 13.2 Å². The molecule has 7 nitrogen and oxygen atoms in total. The SMILES string of the molecule is CCCCCCCCCCOCCCCCCCC.N.N.O=S(=O)(O)O. The highest BCUT2D eigenvalue weighted by atomic mass is 32.3. The largest absolute Gasteiger partial charge is 0.394 e. The van der Waals surface area contributed by atoms with E-state index in [-0.39, 0.29) is 12.3 Å². The van der Waals surface area contributed by atoms with E-state index in [2.05, 4.69) is 13.8 Å². The van der Waals surface area contributed by atoms with Gasteiger partial charge in [0.15, 0.2) is 0 Å². The Morgan fingerprint density at radius 2 is 0.808 bits per heavy atom. The molecule has 0 aliphatic heterocycles. The maximum Gasteiger partial charge on any atom is 0.394 e. The van der Waals surface area contributed by atoms with Crippen LogP contribution in [-0.2, 0) is 15.1 Å². The van der Waals surface area contributed by atoms with Crippen LogP contribution in [0, 0.1) is 0 Å². The van der Waals surface area contributed by atoms with Gasteiger partial charge in [-0.3, -0.25) is 9.11 Å². The quantitative estimate of drug-likeness (QED) is 0.177. The fourth-order valence-electron chi connectivity index (χ4n) is 2.42. The second-order valence-corrected chi connectivity index (χ2v) is 7.20. The molecule has 0 heterocycles. The van der Waals surface area contributed by atoms with Gasteiger partial charge in [-0.1, -0.05) is 90.9 Å². The van der Waals surface area contributed by atoms with E-state index in [0.717, 1.165) is 13.2 Å². The number of rotatable bonds is 16. The van der Waals surface area contributed by atoms with Crippen molar-refractivity contribution in [2.24, 2.45) is 0 Å². The lowest BCUT2D eigenvalue weighted by molar-refractivity contribution is 0.125. The molecular formula is C18H46N2O5S. The standard InChI is InChI=1S/C18H38O.2H3N.H2O4S/c1-3-5-7-9-11-12-14-16-18-19-17-15-13-10-8-6-4-2;;;1-5(2,3)4/h3-18H2,1-2H3;2*1H3;(H2,1,2,3,4). The van der Waals surface area contributed by atoms with Gasteiger partial charge in [-0.15, -0.1) is 0 Å². The van der Waals surface area contributed by atoms with Crippen LogP contribution in [0.4, 0.5) is 0 Å².